The molecule has 0 fully saturated rings. The quantitative estimate of drug-likeness (QED) is 0.804. The van der Waals surface area contributed by atoms with Crippen LogP contribution >= 0.6 is 0 Å². The second-order valence-corrected chi connectivity index (χ2v) is 4.88. The Labute approximate surface area is 86.3 Å². The van der Waals surface area contributed by atoms with Gasteiger partial charge in [-0.25, -0.2) is 0 Å². The van der Waals surface area contributed by atoms with Gasteiger partial charge in [-0.05, 0) is 11.8 Å². The smallest absolute Gasteiger partial charge is 0.0537 e. The molecule has 0 saturated heterocycles. The largest absolute Gasteiger partial charge is 0.323 e. The van der Waals surface area contributed by atoms with Gasteiger partial charge < -0.3 is 5.73 Å². The summed E-state index contributed by atoms with van der Waals surface area (Å²) in [4.78, 5) is 0. The molecule has 80 valence electrons. The standard InChI is InChI=1S/C11H21N3/c1-5-6-14-8-9(7-13-14)10(12)11(2,3)4/h7-8,10H,5-6,12H2,1-4H3. The Balaban J connectivity index is 2.76. The summed E-state index contributed by atoms with van der Waals surface area (Å²) in [5, 5.41) is 4.28. The minimum absolute atomic E-state index is 0.0631. The molecule has 0 saturated carbocycles. The molecule has 1 aromatic rings. The third-order valence-corrected chi connectivity index (χ3v) is 2.40. The van der Waals surface area contributed by atoms with Crippen LogP contribution < -0.4 is 5.73 Å². The van der Waals surface area contributed by atoms with E-state index in [4.69, 9.17) is 5.73 Å². The molecule has 0 spiro atoms. The van der Waals surface area contributed by atoms with Crippen LogP contribution in [0, 0.1) is 5.41 Å². The molecule has 0 bridgehead atoms. The third kappa shape index (κ3) is 2.58. The second-order valence-electron chi connectivity index (χ2n) is 4.88. The van der Waals surface area contributed by atoms with E-state index >= 15 is 0 Å². The summed E-state index contributed by atoms with van der Waals surface area (Å²) in [6.07, 6.45) is 5.04. The van der Waals surface area contributed by atoms with Crippen LogP contribution in [0.4, 0.5) is 0 Å². The Morgan fingerprint density at radius 3 is 2.64 bits per heavy atom. The Hall–Kier alpha value is -0.830. The van der Waals surface area contributed by atoms with Crippen molar-refractivity contribution in [1.82, 2.24) is 9.78 Å². The summed E-state index contributed by atoms with van der Waals surface area (Å²) in [6.45, 7) is 9.56. The molecule has 1 rings (SSSR count). The van der Waals surface area contributed by atoms with E-state index in [2.05, 4.69) is 39.0 Å². The molecule has 1 heterocycles. The number of nitrogens with zero attached hydrogens (tertiary/aromatic N) is 2. The first-order chi connectivity index (χ1) is 6.45. The number of hydrogen-bond acceptors (Lipinski definition) is 2. The molecule has 2 N–H and O–H groups in total. The van der Waals surface area contributed by atoms with E-state index in [-0.39, 0.29) is 11.5 Å². The van der Waals surface area contributed by atoms with Crippen molar-refractivity contribution in [1.29, 1.82) is 0 Å². The molecule has 1 unspecified atom stereocenters. The Morgan fingerprint density at radius 1 is 1.50 bits per heavy atom. The molecule has 0 aliphatic rings. The van der Waals surface area contributed by atoms with Crippen LogP contribution in [0.3, 0.4) is 0 Å². The van der Waals surface area contributed by atoms with Crippen LogP contribution in [0.2, 0.25) is 0 Å². The second kappa shape index (κ2) is 4.13. The van der Waals surface area contributed by atoms with Crippen LogP contribution in [-0.2, 0) is 6.54 Å². The number of aromatic nitrogens is 2. The highest BCUT2D eigenvalue weighted by molar-refractivity contribution is 5.12. The summed E-state index contributed by atoms with van der Waals surface area (Å²) >= 11 is 0. The molecule has 0 amide bonds. The van der Waals surface area contributed by atoms with Gasteiger partial charge in [0, 0.05) is 24.3 Å². The molecule has 0 aromatic carbocycles. The molecule has 3 nitrogen and oxygen atoms in total. The van der Waals surface area contributed by atoms with Gasteiger partial charge in [0.25, 0.3) is 0 Å². The van der Waals surface area contributed by atoms with Crippen LogP contribution in [0.5, 0.6) is 0 Å². The van der Waals surface area contributed by atoms with Gasteiger partial charge in [-0.1, -0.05) is 27.7 Å². The summed E-state index contributed by atoms with van der Waals surface area (Å²) in [5.41, 5.74) is 7.36. The molecule has 1 aromatic heterocycles. The molecule has 1 atom stereocenters. The monoisotopic (exact) mass is 195 g/mol. The maximum atomic E-state index is 6.13. The van der Waals surface area contributed by atoms with E-state index in [1.807, 2.05) is 10.9 Å². The first-order valence-corrected chi connectivity index (χ1v) is 5.23. The first kappa shape index (κ1) is 11.2. The van der Waals surface area contributed by atoms with Crippen molar-refractivity contribution in [2.75, 3.05) is 0 Å². The summed E-state index contributed by atoms with van der Waals surface area (Å²) < 4.78 is 1.96. The fourth-order valence-electron chi connectivity index (χ4n) is 1.39. The van der Waals surface area contributed by atoms with Gasteiger partial charge >= 0.3 is 0 Å². The van der Waals surface area contributed by atoms with Crippen molar-refractivity contribution in [3.8, 4) is 0 Å². The number of nitrogens with two attached hydrogens (primary N) is 1. The van der Waals surface area contributed by atoms with E-state index in [0.717, 1.165) is 18.5 Å². The van der Waals surface area contributed by atoms with Gasteiger partial charge in [0.2, 0.25) is 0 Å². The highest BCUT2D eigenvalue weighted by Crippen LogP contribution is 2.29. The Kier molecular flexibility index (Phi) is 3.32. The van der Waals surface area contributed by atoms with Gasteiger partial charge in [0.1, 0.15) is 0 Å². The molecule has 3 heteroatoms. The average Bonchev–Trinajstić information content (AvgIpc) is 2.50. The number of aryl methyl sites for hydroxylation is 1. The highest BCUT2D eigenvalue weighted by Gasteiger charge is 2.23. The van der Waals surface area contributed by atoms with Crippen molar-refractivity contribution >= 4 is 0 Å². The zero-order valence-electron chi connectivity index (χ0n) is 9.62. The lowest BCUT2D eigenvalue weighted by molar-refractivity contribution is 0.327. The normalized spacial score (nSPS) is 14.4. The lowest BCUT2D eigenvalue weighted by Crippen LogP contribution is -2.25. The maximum Gasteiger partial charge on any atom is 0.0537 e. The van der Waals surface area contributed by atoms with E-state index in [0.29, 0.717) is 0 Å². The van der Waals surface area contributed by atoms with E-state index in [1.54, 1.807) is 0 Å². The maximum absolute atomic E-state index is 6.13. The Morgan fingerprint density at radius 2 is 2.14 bits per heavy atom. The van der Waals surface area contributed by atoms with Crippen molar-refractivity contribution in [3.63, 3.8) is 0 Å². The predicted octanol–water partition coefficient (Wildman–Crippen LogP) is 2.34. The van der Waals surface area contributed by atoms with Crippen molar-refractivity contribution < 1.29 is 0 Å². The van der Waals surface area contributed by atoms with Gasteiger partial charge in [-0.15, -0.1) is 0 Å². The highest BCUT2D eigenvalue weighted by atomic mass is 15.3. The molecule has 0 aliphatic carbocycles. The van der Waals surface area contributed by atoms with Gasteiger partial charge in [0.05, 0.1) is 6.20 Å². The minimum Gasteiger partial charge on any atom is -0.323 e. The molecular formula is C11H21N3. The summed E-state index contributed by atoms with van der Waals surface area (Å²) in [6, 6.07) is 0.0631. The lowest BCUT2D eigenvalue weighted by atomic mass is 9.84. The van der Waals surface area contributed by atoms with Crippen LogP contribution in [0.25, 0.3) is 0 Å². The Bertz CT molecular complexity index is 283. The lowest BCUT2D eigenvalue weighted by Gasteiger charge is -2.25. The van der Waals surface area contributed by atoms with Gasteiger partial charge in [-0.3, -0.25) is 4.68 Å². The zero-order chi connectivity index (χ0) is 10.8. The van der Waals surface area contributed by atoms with Crippen molar-refractivity contribution in [3.05, 3.63) is 18.0 Å². The molecular weight excluding hydrogens is 174 g/mol. The predicted molar refractivity (Wildman–Crippen MR) is 58.9 cm³/mol. The summed E-state index contributed by atoms with van der Waals surface area (Å²) in [7, 11) is 0. The minimum atomic E-state index is 0.0631. The fourth-order valence-corrected chi connectivity index (χ4v) is 1.39. The van der Waals surface area contributed by atoms with Crippen molar-refractivity contribution in [2.45, 2.75) is 46.7 Å². The van der Waals surface area contributed by atoms with Gasteiger partial charge in [0.15, 0.2) is 0 Å². The van der Waals surface area contributed by atoms with Crippen molar-refractivity contribution in [2.24, 2.45) is 11.1 Å². The fraction of sp³-hybridized carbons (Fsp3) is 0.727. The topological polar surface area (TPSA) is 43.8 Å². The van der Waals surface area contributed by atoms with E-state index in [9.17, 15) is 0 Å². The SMILES string of the molecule is CCCn1cc(C(N)C(C)(C)C)cn1. The van der Waals surface area contributed by atoms with Crippen LogP contribution in [0.1, 0.15) is 45.7 Å². The number of hydrogen-bond donors (Lipinski definition) is 1. The molecule has 14 heavy (non-hydrogen) atoms. The zero-order valence-corrected chi connectivity index (χ0v) is 9.62. The third-order valence-electron chi connectivity index (χ3n) is 2.40. The average molecular weight is 195 g/mol. The molecule has 0 aliphatic heterocycles. The molecule has 0 radical (unpaired) electrons. The van der Waals surface area contributed by atoms with E-state index in [1.165, 1.54) is 0 Å². The van der Waals surface area contributed by atoms with Crippen LogP contribution in [-0.4, -0.2) is 9.78 Å². The van der Waals surface area contributed by atoms with E-state index < -0.39 is 0 Å². The first-order valence-electron chi connectivity index (χ1n) is 5.23. The van der Waals surface area contributed by atoms with Crippen LogP contribution in [0.15, 0.2) is 12.4 Å². The number of rotatable bonds is 3. The summed E-state index contributed by atoms with van der Waals surface area (Å²) in [5.74, 6) is 0. The van der Waals surface area contributed by atoms with Gasteiger partial charge in [-0.2, -0.15) is 5.10 Å².